The minimum atomic E-state index is -1.97. The number of carboxylic acids is 1. The van der Waals surface area contributed by atoms with Gasteiger partial charge in [-0.1, -0.05) is 250 Å². The molecular weight excluding hydrogens is 1500 g/mol. The quantitative estimate of drug-likeness (QED) is 0.0857. The first kappa shape index (κ1) is 96.2. The van der Waals surface area contributed by atoms with E-state index in [-0.39, 0.29) is 84.0 Å². The zero-order valence-electron chi connectivity index (χ0n) is 77.5. The average Bonchev–Trinajstić information content (AvgIpc) is 1.57. The van der Waals surface area contributed by atoms with Crippen LogP contribution >= 0.6 is 0 Å². The van der Waals surface area contributed by atoms with Gasteiger partial charge in [0.05, 0.1) is 40.7 Å². The van der Waals surface area contributed by atoms with E-state index < -0.39 is 44.7 Å². The van der Waals surface area contributed by atoms with Crippen molar-refractivity contribution in [3.05, 3.63) is 179 Å². The lowest BCUT2D eigenvalue weighted by molar-refractivity contribution is -0.140. The summed E-state index contributed by atoms with van der Waals surface area (Å²) in [6.07, 6.45) is 33.7. The molecule has 0 saturated heterocycles. The highest BCUT2D eigenvalue weighted by Gasteiger charge is 2.56. The fourth-order valence-corrected chi connectivity index (χ4v) is 24.5. The van der Waals surface area contributed by atoms with Crippen molar-refractivity contribution in [1.82, 2.24) is 4.90 Å². The van der Waals surface area contributed by atoms with Crippen LogP contribution in [0, 0.1) is 46.3 Å². The van der Waals surface area contributed by atoms with Gasteiger partial charge in [0.1, 0.15) is 18.4 Å². The second-order valence-electron chi connectivity index (χ2n) is 43.6. The number of Topliss-reactive ketones (excluding diaryl/α,β-unsaturated/α-hetero) is 1. The fraction of sp³-hybridized carbons (Fsp3) is 0.653. The smallest absolute Gasteiger partial charge is 0.314 e. The third kappa shape index (κ3) is 22.0. The standard InChI is InChI=1S/2C34H60O3Si2.C12H15NO.C11H12O.C10H10O2/c2*1-24(23-35)29-18-19-30-26(15-14-20-34(29,30)9)16-17-27-21-28(36-38(10,11)32(3,4)5)22-31(25(27)2)37-39(12,13)33(6,7)8;1-13(2)11(14)12(8-9-12)10-6-4-3-5-7-10;1-9(12)11(7-8-11)10-5-3-2-4-6-10;11-9(12)10(6-7-10)8-4-2-1-3-5-8/h2*16-17,23-24,28-31H,2,14-15,18-22H2,1,3-13H3;3-7H,8-9H2,1-2H3;2-6H,7-8H2,1H3;1-5H,6-7H2,(H,11,12)/b26-16+,27-17+;26-16+,27-17-;;;/t2*24-,28-,29-,30+,31+,34-;;;/m11.../s1. The number of carbonyl (C=O) groups excluding carboxylic acids is 4. The normalized spacial score (nSPS) is 28.8. The molecule has 642 valence electrons. The molecule has 9 fully saturated rings. The molecule has 9 aliphatic carbocycles. The van der Waals surface area contributed by atoms with Crippen molar-refractivity contribution in [3.63, 3.8) is 0 Å². The number of benzene rings is 3. The SMILES string of the molecule is C=C1/C(=C/C=C2\CCC[C@]3(C)[C@@H]([C@H](C)C=O)CC[C@@H]23)C[C@@H](O[Si](C)(C)C(C)(C)C)C[C@@H]1O[Si](C)(C)C(C)(C)C.C=C1/C(=C\C=C2/CCC[C@]3(C)[C@@H]([C@H](C)C=O)CC[C@@H]23)C[C@@H](O[Si](C)(C)C(C)(C)C)C[C@@H]1O[Si](C)(C)C(C)(C)C.CC(=O)C1(c2ccccc2)CC1.CN(C)C(=O)C1(c2ccccc2)CC1.O=C(O)C1(c2ccccc2)CC1. The molecular formula is C101H157NO10Si4. The van der Waals surface area contributed by atoms with Crippen molar-refractivity contribution in [2.45, 2.75) is 359 Å². The number of fused-ring (bicyclic) bond motifs is 2. The summed E-state index contributed by atoms with van der Waals surface area (Å²) in [6, 6.07) is 29.6. The van der Waals surface area contributed by atoms with Gasteiger partial charge in [0, 0.05) is 38.8 Å². The Morgan fingerprint density at radius 2 is 0.767 bits per heavy atom. The van der Waals surface area contributed by atoms with Crippen molar-refractivity contribution < 1.29 is 46.8 Å². The fourth-order valence-electron chi connectivity index (χ4n) is 19.2. The van der Waals surface area contributed by atoms with Gasteiger partial charge in [0.15, 0.2) is 33.3 Å². The van der Waals surface area contributed by atoms with E-state index >= 15 is 0 Å². The summed E-state index contributed by atoms with van der Waals surface area (Å²) >= 11 is 0. The van der Waals surface area contributed by atoms with Crippen LogP contribution in [0.1, 0.15) is 263 Å². The number of aldehydes is 2. The highest BCUT2D eigenvalue weighted by atomic mass is 28.4. The number of carbonyl (C=O) groups is 5. The molecule has 12 atom stereocenters. The third-order valence-electron chi connectivity index (χ3n) is 31.4. The Kier molecular flexibility index (Phi) is 30.9. The number of likely N-dealkylation sites (N-methyl/N-ethyl adjacent to an activating group) is 1. The van der Waals surface area contributed by atoms with E-state index in [1.54, 1.807) is 23.0 Å². The molecule has 0 unspecified atom stereocenters. The number of aliphatic carboxylic acids is 1. The molecule has 9 saturated carbocycles. The maximum Gasteiger partial charge on any atom is 0.314 e. The van der Waals surface area contributed by atoms with Crippen molar-refractivity contribution in [2.75, 3.05) is 14.1 Å². The molecule has 0 aliphatic heterocycles. The number of hydrogen-bond donors (Lipinski definition) is 1. The maximum atomic E-state index is 12.0. The molecule has 11 nitrogen and oxygen atoms in total. The van der Waals surface area contributed by atoms with E-state index in [4.69, 9.17) is 22.8 Å². The van der Waals surface area contributed by atoms with Gasteiger partial charge < -0.3 is 37.3 Å². The monoisotopic (exact) mass is 1660 g/mol. The van der Waals surface area contributed by atoms with Crippen molar-refractivity contribution in [2.24, 2.45) is 46.3 Å². The highest BCUT2D eigenvalue weighted by molar-refractivity contribution is 6.75. The van der Waals surface area contributed by atoms with E-state index in [9.17, 15) is 24.0 Å². The molecule has 3 aromatic rings. The minimum Gasteiger partial charge on any atom is -0.481 e. The molecule has 1 N–H and O–H groups in total. The number of nitrogens with zero attached hydrogens (tertiary/aromatic N) is 1. The molecule has 0 aromatic heterocycles. The Labute approximate surface area is 709 Å². The number of allylic oxidation sites excluding steroid dienone is 6. The van der Waals surface area contributed by atoms with E-state index in [0.717, 1.165) is 80.9 Å². The second-order valence-corrected chi connectivity index (χ2v) is 62.6. The molecule has 0 heterocycles. The van der Waals surface area contributed by atoms with Crippen molar-refractivity contribution in [3.8, 4) is 0 Å². The third-order valence-corrected chi connectivity index (χ3v) is 49.4. The Morgan fingerprint density at radius 3 is 1.04 bits per heavy atom. The largest absolute Gasteiger partial charge is 0.481 e. The van der Waals surface area contributed by atoms with Gasteiger partial charge in [-0.2, -0.15) is 0 Å². The number of amides is 1. The maximum absolute atomic E-state index is 12.0. The number of hydrogen-bond acceptors (Lipinski definition) is 9. The predicted octanol–water partition coefficient (Wildman–Crippen LogP) is 26.0. The van der Waals surface area contributed by atoms with Crippen LogP contribution in [0.5, 0.6) is 0 Å². The zero-order chi connectivity index (χ0) is 86.6. The van der Waals surface area contributed by atoms with Crippen LogP contribution in [0.25, 0.3) is 0 Å². The van der Waals surface area contributed by atoms with Crippen LogP contribution in [0.2, 0.25) is 72.5 Å². The molecule has 12 rings (SSSR count). The zero-order valence-corrected chi connectivity index (χ0v) is 81.5. The van der Waals surface area contributed by atoms with E-state index in [0.29, 0.717) is 29.5 Å². The lowest BCUT2D eigenvalue weighted by Gasteiger charge is -2.45. The molecule has 1 amide bonds. The first-order valence-corrected chi connectivity index (χ1v) is 56.2. The molecule has 9 aliphatic rings. The average molecular weight is 1660 g/mol. The number of rotatable bonds is 20. The van der Waals surface area contributed by atoms with Crippen LogP contribution in [-0.4, -0.2) is 112 Å². The molecule has 3 aromatic carbocycles. The van der Waals surface area contributed by atoms with E-state index in [2.05, 4.69) is 225 Å². The Balaban J connectivity index is 0.000000200. The Morgan fingerprint density at radius 1 is 0.466 bits per heavy atom. The van der Waals surface area contributed by atoms with E-state index in [1.165, 1.54) is 99.1 Å². The second kappa shape index (κ2) is 37.2. The van der Waals surface area contributed by atoms with Crippen LogP contribution in [-0.2, 0) is 57.9 Å². The summed E-state index contributed by atoms with van der Waals surface area (Å²) in [5, 5.41) is 9.60. The lowest BCUT2D eigenvalue weighted by atomic mass is 9.61. The Bertz CT molecular complexity index is 3810. The van der Waals surface area contributed by atoms with Gasteiger partial charge in [-0.25, -0.2) is 0 Å². The number of carboxylic acid groups (broad SMARTS) is 1. The molecule has 0 radical (unpaired) electrons. The summed E-state index contributed by atoms with van der Waals surface area (Å²) in [7, 11) is -4.13. The summed E-state index contributed by atoms with van der Waals surface area (Å²) in [5.41, 5.74) is 11.1. The van der Waals surface area contributed by atoms with Gasteiger partial charge in [-0.05, 0) is 269 Å². The van der Waals surface area contributed by atoms with Gasteiger partial charge in [0.25, 0.3) is 0 Å². The first-order chi connectivity index (χ1) is 53.6. The first-order valence-electron chi connectivity index (χ1n) is 44.6. The molecule has 0 spiro atoms. The predicted molar refractivity (Wildman–Crippen MR) is 493 cm³/mol. The van der Waals surface area contributed by atoms with Crippen LogP contribution < -0.4 is 0 Å². The minimum absolute atomic E-state index is 0.0139. The summed E-state index contributed by atoms with van der Waals surface area (Å²) in [5.74, 6) is 2.36. The lowest BCUT2D eigenvalue weighted by Crippen LogP contribution is -2.49. The summed E-state index contributed by atoms with van der Waals surface area (Å²) < 4.78 is 28.1. The van der Waals surface area contributed by atoms with Gasteiger partial charge >= 0.3 is 5.97 Å². The summed E-state index contributed by atoms with van der Waals surface area (Å²) in [4.78, 5) is 59.2. The van der Waals surface area contributed by atoms with Gasteiger partial charge in [0.2, 0.25) is 5.91 Å². The number of ketones is 1. The van der Waals surface area contributed by atoms with Crippen molar-refractivity contribution in [1.29, 1.82) is 0 Å². The summed E-state index contributed by atoms with van der Waals surface area (Å²) in [6.45, 7) is 66.8. The van der Waals surface area contributed by atoms with Crippen LogP contribution in [0.4, 0.5) is 0 Å². The molecule has 0 bridgehead atoms. The Hall–Kier alpha value is -5.24. The topological polar surface area (TPSA) is 146 Å². The van der Waals surface area contributed by atoms with Crippen LogP contribution in [0.3, 0.4) is 0 Å². The van der Waals surface area contributed by atoms with Gasteiger partial charge in [-0.3, -0.25) is 14.4 Å². The molecule has 15 heteroatoms. The molecule has 116 heavy (non-hydrogen) atoms. The van der Waals surface area contributed by atoms with E-state index in [1.807, 2.05) is 80.8 Å². The van der Waals surface area contributed by atoms with Crippen LogP contribution in [0.15, 0.2) is 162 Å². The van der Waals surface area contributed by atoms with Crippen molar-refractivity contribution >= 4 is 63.5 Å². The highest BCUT2D eigenvalue weighted by Crippen LogP contribution is 2.62. The van der Waals surface area contributed by atoms with Gasteiger partial charge in [-0.15, -0.1) is 0 Å².